The van der Waals surface area contributed by atoms with E-state index in [1.165, 1.54) is 0 Å². The van der Waals surface area contributed by atoms with Crippen LogP contribution < -0.4 is 10.1 Å². The summed E-state index contributed by atoms with van der Waals surface area (Å²) in [5, 5.41) is 2.86. The largest absolute Gasteiger partial charge is 0.490 e. The van der Waals surface area contributed by atoms with Crippen LogP contribution in [0.15, 0.2) is 54.6 Å². The van der Waals surface area contributed by atoms with Gasteiger partial charge in [0.1, 0.15) is 12.4 Å². The summed E-state index contributed by atoms with van der Waals surface area (Å²) in [6.45, 7) is 4.85. The molecule has 0 aliphatic rings. The van der Waals surface area contributed by atoms with Crippen LogP contribution in [0.3, 0.4) is 0 Å². The predicted octanol–water partition coefficient (Wildman–Crippen LogP) is 3.74. The van der Waals surface area contributed by atoms with E-state index in [9.17, 15) is 4.79 Å². The molecular formula is C18H21NO3. The van der Waals surface area contributed by atoms with E-state index in [2.05, 4.69) is 5.32 Å². The van der Waals surface area contributed by atoms with Crippen molar-refractivity contribution in [1.82, 2.24) is 0 Å². The summed E-state index contributed by atoms with van der Waals surface area (Å²) in [5.74, 6) is 0.370. The van der Waals surface area contributed by atoms with Crippen LogP contribution in [0.4, 0.5) is 5.69 Å². The van der Waals surface area contributed by atoms with E-state index in [-0.39, 0.29) is 12.0 Å². The maximum absolute atomic E-state index is 12.4. The van der Waals surface area contributed by atoms with Gasteiger partial charge in [0.05, 0.1) is 18.3 Å². The normalized spacial score (nSPS) is 10.5. The average molecular weight is 299 g/mol. The van der Waals surface area contributed by atoms with Gasteiger partial charge in [-0.3, -0.25) is 4.79 Å². The third-order valence-electron chi connectivity index (χ3n) is 2.96. The van der Waals surface area contributed by atoms with E-state index in [0.717, 1.165) is 5.69 Å². The SMILES string of the molecule is CC(C)OCCOc1ccccc1C(=O)Nc1ccccc1. The fourth-order valence-electron chi connectivity index (χ4n) is 1.94. The molecule has 116 valence electrons. The zero-order valence-corrected chi connectivity index (χ0v) is 12.9. The summed E-state index contributed by atoms with van der Waals surface area (Å²) >= 11 is 0. The molecule has 1 amide bonds. The summed E-state index contributed by atoms with van der Waals surface area (Å²) in [6.07, 6.45) is 0.167. The summed E-state index contributed by atoms with van der Waals surface area (Å²) < 4.78 is 11.1. The maximum atomic E-state index is 12.4. The minimum absolute atomic E-state index is 0.167. The number of nitrogens with one attached hydrogen (secondary N) is 1. The Morgan fingerprint density at radius 2 is 1.68 bits per heavy atom. The fourth-order valence-corrected chi connectivity index (χ4v) is 1.94. The van der Waals surface area contributed by atoms with Crippen molar-refractivity contribution < 1.29 is 14.3 Å². The van der Waals surface area contributed by atoms with Crippen LogP contribution in [-0.2, 0) is 4.74 Å². The van der Waals surface area contributed by atoms with Crippen LogP contribution in [0.2, 0.25) is 0 Å². The fraction of sp³-hybridized carbons (Fsp3) is 0.278. The highest BCUT2D eigenvalue weighted by Gasteiger charge is 2.12. The third-order valence-corrected chi connectivity index (χ3v) is 2.96. The second-order valence-electron chi connectivity index (χ2n) is 5.08. The van der Waals surface area contributed by atoms with E-state index in [1.54, 1.807) is 12.1 Å². The molecule has 2 rings (SSSR count). The molecule has 0 atom stereocenters. The molecule has 0 spiro atoms. The standard InChI is InChI=1S/C18H21NO3/c1-14(2)21-12-13-22-17-11-7-6-10-16(17)18(20)19-15-8-4-3-5-9-15/h3-11,14H,12-13H2,1-2H3,(H,19,20). The number of hydrogen-bond acceptors (Lipinski definition) is 3. The first-order valence-corrected chi connectivity index (χ1v) is 7.36. The monoisotopic (exact) mass is 299 g/mol. The van der Waals surface area contributed by atoms with Crippen molar-refractivity contribution in [2.24, 2.45) is 0 Å². The van der Waals surface area contributed by atoms with Gasteiger partial charge < -0.3 is 14.8 Å². The number of amides is 1. The summed E-state index contributed by atoms with van der Waals surface area (Å²) in [4.78, 5) is 12.4. The molecule has 1 N–H and O–H groups in total. The molecule has 0 saturated carbocycles. The van der Waals surface area contributed by atoms with Gasteiger partial charge in [-0.15, -0.1) is 0 Å². The lowest BCUT2D eigenvalue weighted by atomic mass is 10.2. The Hall–Kier alpha value is -2.33. The van der Waals surface area contributed by atoms with E-state index >= 15 is 0 Å². The Morgan fingerprint density at radius 3 is 2.41 bits per heavy atom. The number of carbonyl (C=O) groups excluding carboxylic acids is 1. The number of benzene rings is 2. The molecule has 2 aromatic carbocycles. The van der Waals surface area contributed by atoms with Crippen LogP contribution >= 0.6 is 0 Å². The van der Waals surface area contributed by atoms with Crippen LogP contribution in [0.5, 0.6) is 5.75 Å². The van der Waals surface area contributed by atoms with E-state index in [0.29, 0.717) is 24.5 Å². The molecule has 0 heterocycles. The van der Waals surface area contributed by atoms with E-state index < -0.39 is 0 Å². The minimum atomic E-state index is -0.188. The van der Waals surface area contributed by atoms with Gasteiger partial charge in [0.25, 0.3) is 5.91 Å². The lowest BCUT2D eigenvalue weighted by molar-refractivity contribution is 0.0549. The predicted molar refractivity (Wildman–Crippen MR) is 87.4 cm³/mol. The molecule has 0 bridgehead atoms. The zero-order chi connectivity index (χ0) is 15.8. The molecule has 0 aliphatic heterocycles. The first-order valence-electron chi connectivity index (χ1n) is 7.36. The first kappa shape index (κ1) is 16.0. The quantitative estimate of drug-likeness (QED) is 0.792. The highest BCUT2D eigenvalue weighted by atomic mass is 16.5. The highest BCUT2D eigenvalue weighted by molar-refractivity contribution is 6.06. The molecule has 4 nitrogen and oxygen atoms in total. The van der Waals surface area contributed by atoms with Gasteiger partial charge in [-0.25, -0.2) is 0 Å². The highest BCUT2D eigenvalue weighted by Crippen LogP contribution is 2.19. The Balaban J connectivity index is 1.99. The van der Waals surface area contributed by atoms with Crippen LogP contribution in [0.25, 0.3) is 0 Å². The summed E-state index contributed by atoms with van der Waals surface area (Å²) in [5.41, 5.74) is 1.27. The lowest BCUT2D eigenvalue weighted by Crippen LogP contribution is -2.16. The number of rotatable bonds is 7. The molecule has 4 heteroatoms. The number of ether oxygens (including phenoxy) is 2. The Kier molecular flexibility index (Phi) is 5.98. The summed E-state index contributed by atoms with van der Waals surface area (Å²) in [6, 6.07) is 16.5. The van der Waals surface area contributed by atoms with E-state index in [4.69, 9.17) is 9.47 Å². The topological polar surface area (TPSA) is 47.6 Å². The van der Waals surface area contributed by atoms with E-state index in [1.807, 2.05) is 56.3 Å². The number of carbonyl (C=O) groups is 1. The molecule has 2 aromatic rings. The molecule has 0 fully saturated rings. The third kappa shape index (κ3) is 4.90. The molecule has 22 heavy (non-hydrogen) atoms. The Bertz CT molecular complexity index is 596. The van der Waals surface area contributed by atoms with Gasteiger partial charge in [0.2, 0.25) is 0 Å². The Morgan fingerprint density at radius 1 is 1.00 bits per heavy atom. The average Bonchev–Trinajstić information content (AvgIpc) is 2.52. The lowest BCUT2D eigenvalue weighted by Gasteiger charge is -2.13. The number of anilines is 1. The molecule has 0 aromatic heterocycles. The zero-order valence-electron chi connectivity index (χ0n) is 12.9. The summed E-state index contributed by atoms with van der Waals surface area (Å²) in [7, 11) is 0. The number of hydrogen-bond donors (Lipinski definition) is 1. The number of para-hydroxylation sites is 2. The van der Waals surface area contributed by atoms with Gasteiger partial charge >= 0.3 is 0 Å². The van der Waals surface area contributed by atoms with Crippen molar-refractivity contribution in [1.29, 1.82) is 0 Å². The molecular weight excluding hydrogens is 278 g/mol. The van der Waals surface area contributed by atoms with Crippen molar-refractivity contribution in [3.63, 3.8) is 0 Å². The van der Waals surface area contributed by atoms with Gasteiger partial charge in [-0.2, -0.15) is 0 Å². The first-order chi connectivity index (χ1) is 10.7. The maximum Gasteiger partial charge on any atom is 0.259 e. The van der Waals surface area contributed by atoms with Crippen molar-refractivity contribution in [3.8, 4) is 5.75 Å². The van der Waals surface area contributed by atoms with Crippen molar-refractivity contribution in [3.05, 3.63) is 60.2 Å². The van der Waals surface area contributed by atoms with Gasteiger partial charge in [0, 0.05) is 5.69 Å². The smallest absolute Gasteiger partial charge is 0.259 e. The minimum Gasteiger partial charge on any atom is -0.490 e. The van der Waals surface area contributed by atoms with Crippen molar-refractivity contribution >= 4 is 11.6 Å². The molecule has 0 radical (unpaired) electrons. The van der Waals surface area contributed by atoms with Gasteiger partial charge in [-0.1, -0.05) is 30.3 Å². The second kappa shape index (κ2) is 8.20. The van der Waals surface area contributed by atoms with Gasteiger partial charge in [0.15, 0.2) is 0 Å². The van der Waals surface area contributed by atoms with Crippen LogP contribution in [-0.4, -0.2) is 25.2 Å². The van der Waals surface area contributed by atoms with Crippen LogP contribution in [0.1, 0.15) is 24.2 Å². The molecule has 0 aliphatic carbocycles. The van der Waals surface area contributed by atoms with Gasteiger partial charge in [-0.05, 0) is 38.1 Å². The van der Waals surface area contributed by atoms with Crippen molar-refractivity contribution in [2.45, 2.75) is 20.0 Å². The Labute approximate surface area is 131 Å². The molecule has 0 saturated heterocycles. The molecule has 0 unspecified atom stereocenters. The van der Waals surface area contributed by atoms with Crippen molar-refractivity contribution in [2.75, 3.05) is 18.5 Å². The van der Waals surface area contributed by atoms with Crippen LogP contribution in [0, 0.1) is 0 Å². The second-order valence-corrected chi connectivity index (χ2v) is 5.08.